The molecule has 3 aromatic rings. The smallest absolute Gasteiger partial charge is 0.228 e. The van der Waals surface area contributed by atoms with Crippen molar-refractivity contribution in [1.82, 2.24) is 10.3 Å². The second-order valence-corrected chi connectivity index (χ2v) is 8.16. The third-order valence-corrected chi connectivity index (χ3v) is 5.35. The highest BCUT2D eigenvalue weighted by atomic mass is 35.5. The van der Waals surface area contributed by atoms with Crippen molar-refractivity contribution in [1.29, 1.82) is 0 Å². The Bertz CT molecular complexity index is 1060. The molecule has 2 aromatic carbocycles. The maximum atomic E-state index is 11.8. The molecule has 0 aliphatic heterocycles. The monoisotopic (exact) mass is 429 g/mol. The highest BCUT2D eigenvalue weighted by molar-refractivity contribution is 7.80. The lowest BCUT2D eigenvalue weighted by atomic mass is 9.98. The molecule has 7 heteroatoms. The Morgan fingerprint density at radius 3 is 2.66 bits per heavy atom. The third kappa shape index (κ3) is 4.95. The van der Waals surface area contributed by atoms with Crippen LogP contribution in [0.3, 0.4) is 0 Å². The van der Waals surface area contributed by atoms with Gasteiger partial charge in [-0.25, -0.2) is 4.98 Å². The first-order valence-corrected chi connectivity index (χ1v) is 10.4. The molecule has 29 heavy (non-hydrogen) atoms. The number of aromatic nitrogens is 1. The number of benzene rings is 2. The van der Waals surface area contributed by atoms with Crippen LogP contribution in [0, 0.1) is 5.92 Å². The van der Waals surface area contributed by atoms with E-state index in [-0.39, 0.29) is 16.9 Å². The summed E-state index contributed by atoms with van der Waals surface area (Å²) in [6, 6.07) is 11.5. The first kappa shape index (κ1) is 21.3. The van der Waals surface area contributed by atoms with Crippen molar-refractivity contribution in [3.8, 4) is 11.5 Å². The fourth-order valence-corrected chi connectivity index (χ4v) is 3.15. The van der Waals surface area contributed by atoms with Gasteiger partial charge >= 0.3 is 0 Å². The minimum Gasteiger partial charge on any atom is -0.436 e. The summed E-state index contributed by atoms with van der Waals surface area (Å²) in [4.78, 5) is 16.5. The predicted molar refractivity (Wildman–Crippen MR) is 122 cm³/mol. The fraction of sp³-hybridized carbons (Fsp3) is 0.318. The second-order valence-electron chi connectivity index (χ2n) is 7.35. The lowest BCUT2D eigenvalue weighted by Crippen LogP contribution is -2.36. The van der Waals surface area contributed by atoms with Crippen LogP contribution in [0.25, 0.3) is 22.6 Å². The Balaban J connectivity index is 1.87. The minimum atomic E-state index is -0.170. The number of carbonyl (C=O) groups is 1. The number of amides is 1. The zero-order chi connectivity index (χ0) is 21.1. The average molecular weight is 430 g/mol. The lowest BCUT2D eigenvalue weighted by Gasteiger charge is -2.12. The zero-order valence-electron chi connectivity index (χ0n) is 16.9. The van der Waals surface area contributed by atoms with Crippen LogP contribution in [0.15, 0.2) is 40.8 Å². The summed E-state index contributed by atoms with van der Waals surface area (Å²) in [5, 5.41) is 6.28. The van der Waals surface area contributed by atoms with Gasteiger partial charge in [-0.3, -0.25) is 4.79 Å². The third-order valence-electron chi connectivity index (χ3n) is 4.82. The molecular weight excluding hydrogens is 406 g/mol. The van der Waals surface area contributed by atoms with Gasteiger partial charge < -0.3 is 15.1 Å². The van der Waals surface area contributed by atoms with E-state index in [1.165, 1.54) is 5.56 Å². The van der Waals surface area contributed by atoms with Crippen molar-refractivity contribution >= 4 is 51.6 Å². The molecule has 0 unspecified atom stereocenters. The number of thiocarbonyl (C=S) groups is 1. The van der Waals surface area contributed by atoms with Crippen LogP contribution in [0.5, 0.6) is 0 Å². The quantitative estimate of drug-likeness (QED) is 0.477. The van der Waals surface area contributed by atoms with Gasteiger partial charge in [-0.2, -0.15) is 0 Å². The molecule has 0 aliphatic carbocycles. The molecule has 2 N–H and O–H groups in total. The summed E-state index contributed by atoms with van der Waals surface area (Å²) in [7, 11) is 0. The molecule has 1 amide bonds. The van der Waals surface area contributed by atoms with E-state index in [9.17, 15) is 4.79 Å². The summed E-state index contributed by atoms with van der Waals surface area (Å²) in [6.07, 6.45) is 1.07. The predicted octanol–water partition coefficient (Wildman–Crippen LogP) is 6.13. The Kier molecular flexibility index (Phi) is 6.55. The van der Waals surface area contributed by atoms with E-state index in [0.29, 0.717) is 22.5 Å². The van der Waals surface area contributed by atoms with E-state index in [1.54, 1.807) is 26.0 Å². The van der Waals surface area contributed by atoms with Crippen LogP contribution in [-0.4, -0.2) is 16.0 Å². The van der Waals surface area contributed by atoms with Crippen molar-refractivity contribution in [2.75, 3.05) is 5.32 Å². The Hall–Kier alpha value is -2.44. The van der Waals surface area contributed by atoms with E-state index in [4.69, 9.17) is 28.2 Å². The molecule has 0 saturated heterocycles. The van der Waals surface area contributed by atoms with Gasteiger partial charge in [-0.05, 0) is 60.5 Å². The number of hydrogen-bond acceptors (Lipinski definition) is 4. The minimum absolute atomic E-state index is 0.161. The number of fused-ring (bicyclic) bond motifs is 1. The van der Waals surface area contributed by atoms with E-state index >= 15 is 0 Å². The van der Waals surface area contributed by atoms with Crippen LogP contribution >= 0.6 is 23.8 Å². The molecule has 152 valence electrons. The standard InChI is InChI=1S/C22H24ClN3O2S/c1-5-13(4)14-7-9-19-18(10-14)24-21(28-19)15-6-8-16(23)17(11-15)25-22(29)26-20(27)12(2)3/h6-13H,5H2,1-4H3,(H2,25,26,27,29)/t13-/m0/s1. The highest BCUT2D eigenvalue weighted by Crippen LogP contribution is 2.31. The molecule has 0 saturated carbocycles. The first-order chi connectivity index (χ1) is 13.8. The van der Waals surface area contributed by atoms with Gasteiger partial charge in [0.05, 0.1) is 10.7 Å². The SMILES string of the molecule is CC[C@H](C)c1ccc2oc(-c3ccc(Cl)c(NC(=S)NC(=O)C(C)C)c3)nc2c1. The Morgan fingerprint density at radius 1 is 1.21 bits per heavy atom. The Labute approximate surface area is 180 Å². The number of anilines is 1. The molecular formula is C22H24ClN3O2S. The van der Waals surface area contributed by atoms with Gasteiger partial charge in [0.1, 0.15) is 5.52 Å². The normalized spacial score (nSPS) is 12.2. The number of nitrogens with one attached hydrogen (secondary N) is 2. The molecule has 1 atom stereocenters. The van der Waals surface area contributed by atoms with Gasteiger partial charge in [0.25, 0.3) is 0 Å². The molecule has 0 radical (unpaired) electrons. The Morgan fingerprint density at radius 2 is 1.97 bits per heavy atom. The van der Waals surface area contributed by atoms with Crippen molar-refractivity contribution in [2.45, 2.75) is 40.0 Å². The molecule has 0 bridgehead atoms. The van der Waals surface area contributed by atoms with Crippen molar-refractivity contribution < 1.29 is 9.21 Å². The topological polar surface area (TPSA) is 67.2 Å². The second kappa shape index (κ2) is 8.93. The van der Waals surface area contributed by atoms with Crippen LogP contribution in [0.4, 0.5) is 5.69 Å². The van der Waals surface area contributed by atoms with Crippen LogP contribution in [0.2, 0.25) is 5.02 Å². The van der Waals surface area contributed by atoms with Crippen molar-refractivity contribution in [3.05, 3.63) is 47.0 Å². The summed E-state index contributed by atoms with van der Waals surface area (Å²) in [6.45, 7) is 7.95. The number of nitrogens with zero attached hydrogens (tertiary/aromatic N) is 1. The molecule has 3 rings (SSSR count). The van der Waals surface area contributed by atoms with Crippen molar-refractivity contribution in [3.63, 3.8) is 0 Å². The molecule has 1 aromatic heterocycles. The number of oxazole rings is 1. The summed E-state index contributed by atoms with van der Waals surface area (Å²) < 4.78 is 5.93. The van der Waals surface area contributed by atoms with Crippen LogP contribution < -0.4 is 10.6 Å². The molecule has 0 fully saturated rings. The number of rotatable bonds is 5. The van der Waals surface area contributed by atoms with E-state index in [1.807, 2.05) is 12.1 Å². The maximum absolute atomic E-state index is 11.8. The lowest BCUT2D eigenvalue weighted by molar-refractivity contribution is -0.122. The van der Waals surface area contributed by atoms with Crippen LogP contribution in [0.1, 0.15) is 45.6 Å². The summed E-state index contributed by atoms with van der Waals surface area (Å²) in [5.41, 5.74) is 4.12. The van der Waals surface area contributed by atoms with E-state index < -0.39 is 0 Å². The molecule has 0 spiro atoms. The zero-order valence-corrected chi connectivity index (χ0v) is 18.4. The number of halogens is 1. The molecule has 0 aliphatic rings. The number of hydrogen-bond donors (Lipinski definition) is 2. The van der Waals surface area contributed by atoms with E-state index in [0.717, 1.165) is 23.1 Å². The van der Waals surface area contributed by atoms with Gasteiger partial charge in [-0.1, -0.05) is 45.4 Å². The van der Waals surface area contributed by atoms with Gasteiger partial charge in [0.2, 0.25) is 11.8 Å². The largest absolute Gasteiger partial charge is 0.436 e. The average Bonchev–Trinajstić information content (AvgIpc) is 3.12. The molecule has 1 heterocycles. The van der Waals surface area contributed by atoms with Gasteiger partial charge in [-0.15, -0.1) is 0 Å². The van der Waals surface area contributed by atoms with Gasteiger partial charge in [0, 0.05) is 11.5 Å². The van der Waals surface area contributed by atoms with Gasteiger partial charge in [0.15, 0.2) is 10.7 Å². The number of carbonyl (C=O) groups excluding carboxylic acids is 1. The maximum Gasteiger partial charge on any atom is 0.228 e. The molecule has 5 nitrogen and oxygen atoms in total. The van der Waals surface area contributed by atoms with Crippen LogP contribution in [-0.2, 0) is 4.79 Å². The summed E-state index contributed by atoms with van der Waals surface area (Å²) in [5.74, 6) is 0.633. The highest BCUT2D eigenvalue weighted by Gasteiger charge is 2.14. The fourth-order valence-electron chi connectivity index (χ4n) is 2.77. The summed E-state index contributed by atoms with van der Waals surface area (Å²) >= 11 is 11.5. The first-order valence-electron chi connectivity index (χ1n) is 9.60. The van der Waals surface area contributed by atoms with Crippen molar-refractivity contribution in [2.24, 2.45) is 5.92 Å². The van der Waals surface area contributed by atoms with E-state index in [2.05, 4.69) is 41.6 Å².